The Morgan fingerprint density at radius 2 is 2.09 bits per heavy atom. The second-order valence-electron chi connectivity index (χ2n) is 6.90. The first-order valence-corrected chi connectivity index (χ1v) is 8.69. The molecule has 2 amide bonds. The number of hydrogen-bond acceptors (Lipinski definition) is 6. The molecule has 2 heterocycles. The van der Waals surface area contributed by atoms with Gasteiger partial charge in [-0.3, -0.25) is 19.8 Å². The summed E-state index contributed by atoms with van der Waals surface area (Å²) in [5.74, 6) is -0.0937. The number of piperidine rings is 1. The van der Waals surface area contributed by atoms with Crippen molar-refractivity contribution in [2.75, 3.05) is 32.0 Å². The highest BCUT2D eigenvalue weighted by molar-refractivity contribution is 7.15. The number of rotatable bonds is 4. The molecule has 2 N–H and O–H groups in total. The van der Waals surface area contributed by atoms with Crippen molar-refractivity contribution in [3.63, 3.8) is 0 Å². The number of carbonyl (C=O) groups excluding carboxylic acids is 2. The third kappa shape index (κ3) is 4.97. The lowest BCUT2D eigenvalue weighted by Gasteiger charge is -2.30. The standard InChI is InChI=1S/C15H25N5O2S/c1-15(2,3)13-18-19-14(23-13)17-11(21)9-20-7-5-6-10(8-20)12(22)16-4/h10H,5-9H2,1-4H3,(H,16,22)(H,17,19,21). The molecule has 1 unspecified atom stereocenters. The van der Waals surface area contributed by atoms with Crippen molar-refractivity contribution in [2.45, 2.75) is 39.0 Å². The summed E-state index contributed by atoms with van der Waals surface area (Å²) in [6, 6.07) is 0. The highest BCUT2D eigenvalue weighted by Crippen LogP contribution is 2.27. The third-order valence-electron chi connectivity index (χ3n) is 3.80. The molecule has 0 aromatic carbocycles. The second-order valence-corrected chi connectivity index (χ2v) is 7.88. The molecule has 23 heavy (non-hydrogen) atoms. The number of likely N-dealkylation sites (tertiary alicyclic amines) is 1. The van der Waals surface area contributed by atoms with Crippen molar-refractivity contribution in [3.8, 4) is 0 Å². The van der Waals surface area contributed by atoms with Gasteiger partial charge in [-0.15, -0.1) is 10.2 Å². The average molecular weight is 339 g/mol. The van der Waals surface area contributed by atoms with Crippen molar-refractivity contribution < 1.29 is 9.59 Å². The molecule has 1 aliphatic rings. The van der Waals surface area contributed by atoms with Crippen LogP contribution in [-0.2, 0) is 15.0 Å². The minimum Gasteiger partial charge on any atom is -0.359 e. The van der Waals surface area contributed by atoms with E-state index in [4.69, 9.17) is 0 Å². The highest BCUT2D eigenvalue weighted by atomic mass is 32.1. The maximum atomic E-state index is 12.2. The summed E-state index contributed by atoms with van der Waals surface area (Å²) in [6.45, 7) is 7.92. The fourth-order valence-corrected chi connectivity index (χ4v) is 3.37. The van der Waals surface area contributed by atoms with Crippen molar-refractivity contribution >= 4 is 28.3 Å². The number of hydrogen-bond donors (Lipinski definition) is 2. The maximum absolute atomic E-state index is 12.2. The number of anilines is 1. The van der Waals surface area contributed by atoms with Gasteiger partial charge in [0.15, 0.2) is 0 Å². The van der Waals surface area contributed by atoms with Gasteiger partial charge in [-0.2, -0.15) is 0 Å². The van der Waals surface area contributed by atoms with Gasteiger partial charge in [0, 0.05) is 19.0 Å². The number of aromatic nitrogens is 2. The van der Waals surface area contributed by atoms with E-state index in [1.54, 1.807) is 7.05 Å². The van der Waals surface area contributed by atoms with E-state index in [9.17, 15) is 9.59 Å². The zero-order chi connectivity index (χ0) is 17.0. The van der Waals surface area contributed by atoms with Crippen molar-refractivity contribution in [2.24, 2.45) is 5.92 Å². The van der Waals surface area contributed by atoms with Crippen molar-refractivity contribution in [1.82, 2.24) is 20.4 Å². The Morgan fingerprint density at radius 3 is 2.70 bits per heavy atom. The molecule has 1 fully saturated rings. The van der Waals surface area contributed by atoms with Crippen LogP contribution in [0.1, 0.15) is 38.6 Å². The Balaban J connectivity index is 1.87. The van der Waals surface area contributed by atoms with Gasteiger partial charge in [-0.1, -0.05) is 32.1 Å². The predicted molar refractivity (Wildman–Crippen MR) is 90.5 cm³/mol. The molecule has 1 aromatic heterocycles. The smallest absolute Gasteiger partial charge is 0.240 e. The number of amides is 2. The van der Waals surface area contributed by atoms with Gasteiger partial charge >= 0.3 is 0 Å². The first kappa shape index (κ1) is 17.8. The van der Waals surface area contributed by atoms with E-state index in [-0.39, 0.29) is 29.7 Å². The lowest BCUT2D eigenvalue weighted by atomic mass is 9.97. The van der Waals surface area contributed by atoms with Crippen LogP contribution in [0.2, 0.25) is 0 Å². The molecule has 1 aliphatic heterocycles. The van der Waals surface area contributed by atoms with Gasteiger partial charge in [-0.05, 0) is 19.4 Å². The molecule has 0 radical (unpaired) electrons. The lowest BCUT2D eigenvalue weighted by Crippen LogP contribution is -2.44. The topological polar surface area (TPSA) is 87.2 Å². The number of nitrogens with zero attached hydrogens (tertiary/aromatic N) is 3. The molecule has 1 saturated heterocycles. The van der Waals surface area contributed by atoms with E-state index < -0.39 is 0 Å². The molecule has 128 valence electrons. The fourth-order valence-electron chi connectivity index (χ4n) is 2.56. The molecule has 0 spiro atoms. The summed E-state index contributed by atoms with van der Waals surface area (Å²) < 4.78 is 0. The van der Waals surface area contributed by atoms with Crippen molar-refractivity contribution in [3.05, 3.63) is 5.01 Å². The van der Waals surface area contributed by atoms with Crippen LogP contribution < -0.4 is 10.6 Å². The molecule has 0 aliphatic carbocycles. The summed E-state index contributed by atoms with van der Waals surface area (Å²) in [5.41, 5.74) is -0.0751. The molecule has 8 heteroatoms. The molecule has 1 atom stereocenters. The lowest BCUT2D eigenvalue weighted by molar-refractivity contribution is -0.127. The zero-order valence-corrected chi connectivity index (χ0v) is 15.0. The van der Waals surface area contributed by atoms with Crippen LogP contribution in [0.15, 0.2) is 0 Å². The largest absolute Gasteiger partial charge is 0.359 e. The molecule has 2 rings (SSSR count). The molecule has 1 aromatic rings. The van der Waals surface area contributed by atoms with Gasteiger partial charge in [0.1, 0.15) is 5.01 Å². The van der Waals surface area contributed by atoms with Crippen LogP contribution in [0.4, 0.5) is 5.13 Å². The van der Waals surface area contributed by atoms with Crippen molar-refractivity contribution in [1.29, 1.82) is 0 Å². The Kier molecular flexibility index (Phi) is 5.69. The summed E-state index contributed by atoms with van der Waals surface area (Å²) >= 11 is 1.40. The number of carbonyl (C=O) groups is 2. The van der Waals surface area contributed by atoms with Crippen LogP contribution in [0.5, 0.6) is 0 Å². The normalized spacial score (nSPS) is 19.4. The second kappa shape index (κ2) is 7.35. The SMILES string of the molecule is CNC(=O)C1CCCN(CC(=O)Nc2nnc(C(C)(C)C)s2)C1. The Bertz CT molecular complexity index is 566. The first-order chi connectivity index (χ1) is 10.8. The Labute approximate surface area is 140 Å². The predicted octanol–water partition coefficient (Wildman–Crippen LogP) is 1.23. The Morgan fingerprint density at radius 1 is 1.35 bits per heavy atom. The maximum Gasteiger partial charge on any atom is 0.240 e. The minimum atomic E-state index is -0.112. The van der Waals surface area contributed by atoms with Crippen LogP contribution >= 0.6 is 11.3 Å². The van der Waals surface area contributed by atoms with Gasteiger partial charge in [-0.25, -0.2) is 0 Å². The van der Waals surface area contributed by atoms with E-state index in [0.29, 0.717) is 11.7 Å². The van der Waals surface area contributed by atoms with E-state index in [0.717, 1.165) is 24.4 Å². The molecule has 7 nitrogen and oxygen atoms in total. The number of nitrogens with one attached hydrogen (secondary N) is 2. The summed E-state index contributed by atoms with van der Waals surface area (Å²) in [7, 11) is 1.65. The van der Waals surface area contributed by atoms with E-state index in [1.165, 1.54) is 11.3 Å². The molecular weight excluding hydrogens is 314 g/mol. The van der Waals surface area contributed by atoms with Gasteiger partial charge in [0.2, 0.25) is 16.9 Å². The highest BCUT2D eigenvalue weighted by Gasteiger charge is 2.26. The first-order valence-electron chi connectivity index (χ1n) is 7.87. The molecule has 0 saturated carbocycles. The minimum absolute atomic E-state index is 0.0319. The molecular formula is C15H25N5O2S. The zero-order valence-electron chi connectivity index (χ0n) is 14.2. The van der Waals surface area contributed by atoms with Gasteiger partial charge < -0.3 is 5.32 Å². The summed E-state index contributed by atoms with van der Waals surface area (Å²) in [5, 5.41) is 15.1. The van der Waals surface area contributed by atoms with Gasteiger partial charge in [0.25, 0.3) is 0 Å². The summed E-state index contributed by atoms with van der Waals surface area (Å²) in [4.78, 5) is 25.9. The monoisotopic (exact) mass is 339 g/mol. The van der Waals surface area contributed by atoms with Crippen LogP contribution in [0, 0.1) is 5.92 Å². The molecule has 0 bridgehead atoms. The average Bonchev–Trinajstić information content (AvgIpc) is 2.95. The van der Waals surface area contributed by atoms with E-state index in [1.807, 2.05) is 4.90 Å². The quantitative estimate of drug-likeness (QED) is 0.861. The van der Waals surface area contributed by atoms with Gasteiger partial charge in [0.05, 0.1) is 12.5 Å². The fraction of sp³-hybridized carbons (Fsp3) is 0.733. The van der Waals surface area contributed by atoms with E-state index >= 15 is 0 Å². The van der Waals surface area contributed by atoms with E-state index in [2.05, 4.69) is 41.6 Å². The Hall–Kier alpha value is -1.54. The third-order valence-corrected chi connectivity index (χ3v) is 5.07. The van der Waals surface area contributed by atoms with Crippen LogP contribution in [0.25, 0.3) is 0 Å². The van der Waals surface area contributed by atoms with Crippen LogP contribution in [0.3, 0.4) is 0 Å². The summed E-state index contributed by atoms with van der Waals surface area (Å²) in [6.07, 6.45) is 1.81. The van der Waals surface area contributed by atoms with Crippen LogP contribution in [-0.4, -0.2) is 53.6 Å².